The molecule has 0 saturated carbocycles. The number of fused-ring (bicyclic) bond motifs is 1. The van der Waals surface area contributed by atoms with Crippen LogP contribution in [0, 0.1) is 5.82 Å². The zero-order valence-corrected chi connectivity index (χ0v) is 18.4. The molecule has 9 heteroatoms. The summed E-state index contributed by atoms with van der Waals surface area (Å²) in [5.74, 6) is 1.25. The summed E-state index contributed by atoms with van der Waals surface area (Å²) < 4.78 is 15.5. The summed E-state index contributed by atoms with van der Waals surface area (Å²) in [6.07, 6.45) is 7.31. The maximum atomic E-state index is 13.3. The lowest BCUT2D eigenvalue weighted by Gasteiger charge is -2.32. The van der Waals surface area contributed by atoms with E-state index in [1.54, 1.807) is 18.6 Å². The van der Waals surface area contributed by atoms with Crippen molar-refractivity contribution in [1.82, 2.24) is 29.4 Å². The summed E-state index contributed by atoms with van der Waals surface area (Å²) in [5.41, 5.74) is 2.71. The van der Waals surface area contributed by atoms with Crippen LogP contribution in [0.1, 0.15) is 18.4 Å². The van der Waals surface area contributed by atoms with Gasteiger partial charge in [0, 0.05) is 50.8 Å². The molecule has 1 aliphatic rings. The van der Waals surface area contributed by atoms with E-state index in [4.69, 9.17) is 4.98 Å². The number of aromatic nitrogens is 5. The van der Waals surface area contributed by atoms with Gasteiger partial charge in [0.05, 0.1) is 12.1 Å². The summed E-state index contributed by atoms with van der Waals surface area (Å²) in [6.45, 7) is 4.42. The summed E-state index contributed by atoms with van der Waals surface area (Å²) in [4.78, 5) is 20.0. The van der Waals surface area contributed by atoms with Crippen LogP contribution in [0.4, 0.5) is 16.3 Å². The molecule has 4 aromatic rings. The average molecular weight is 447 g/mol. The number of hydrogen-bond acceptors (Lipinski definition) is 7. The predicted octanol–water partition coefficient (Wildman–Crippen LogP) is 3.40. The van der Waals surface area contributed by atoms with Gasteiger partial charge in [0.2, 0.25) is 11.9 Å². The molecule has 8 nitrogen and oxygen atoms in total. The standard InChI is InChI=1S/C24H27FN8/c25-19-6-4-18(5-7-19)17-33-21-3-1-10-26-22(21)31-24(33)30-20-8-14-32(15-9-20)16-13-29-23-27-11-2-12-28-23/h1-7,10-12,20H,8-9,13-17H2,(H,26,30,31)(H,27,28,29). The molecule has 2 N–H and O–H groups in total. The Hall–Kier alpha value is -3.59. The van der Waals surface area contributed by atoms with Crippen LogP contribution in [0.15, 0.2) is 61.1 Å². The van der Waals surface area contributed by atoms with Gasteiger partial charge in [-0.2, -0.15) is 4.98 Å². The smallest absolute Gasteiger partial charge is 0.222 e. The van der Waals surface area contributed by atoms with E-state index >= 15 is 0 Å². The van der Waals surface area contributed by atoms with Crippen LogP contribution >= 0.6 is 0 Å². The molecule has 0 amide bonds. The molecule has 33 heavy (non-hydrogen) atoms. The van der Waals surface area contributed by atoms with E-state index in [0.29, 0.717) is 24.2 Å². The van der Waals surface area contributed by atoms with Gasteiger partial charge in [-0.15, -0.1) is 0 Å². The second kappa shape index (κ2) is 9.91. The number of imidazole rings is 1. The number of anilines is 2. The first-order chi connectivity index (χ1) is 16.2. The van der Waals surface area contributed by atoms with Crippen molar-refractivity contribution in [1.29, 1.82) is 0 Å². The fourth-order valence-electron chi connectivity index (χ4n) is 4.20. The van der Waals surface area contributed by atoms with Gasteiger partial charge in [0.25, 0.3) is 0 Å². The van der Waals surface area contributed by atoms with E-state index in [-0.39, 0.29) is 5.82 Å². The first kappa shape index (κ1) is 21.3. The summed E-state index contributed by atoms with van der Waals surface area (Å²) in [5, 5.41) is 6.92. The molecule has 1 fully saturated rings. The molecule has 5 rings (SSSR count). The summed E-state index contributed by atoms with van der Waals surface area (Å²) >= 11 is 0. The van der Waals surface area contributed by atoms with Crippen LogP contribution in [-0.4, -0.2) is 61.6 Å². The molecule has 0 atom stereocenters. The number of rotatable bonds is 8. The number of pyridine rings is 1. The van der Waals surface area contributed by atoms with Crippen molar-refractivity contribution in [3.05, 3.63) is 72.4 Å². The molecule has 1 saturated heterocycles. The van der Waals surface area contributed by atoms with Crippen molar-refractivity contribution in [2.45, 2.75) is 25.4 Å². The lowest BCUT2D eigenvalue weighted by molar-refractivity contribution is 0.226. The van der Waals surface area contributed by atoms with Crippen LogP contribution in [0.2, 0.25) is 0 Å². The number of benzene rings is 1. The number of likely N-dealkylation sites (tertiary alicyclic amines) is 1. The summed E-state index contributed by atoms with van der Waals surface area (Å²) in [7, 11) is 0. The van der Waals surface area contributed by atoms with Gasteiger partial charge in [0.15, 0.2) is 5.65 Å². The van der Waals surface area contributed by atoms with Crippen molar-refractivity contribution in [2.75, 3.05) is 36.8 Å². The van der Waals surface area contributed by atoms with Crippen molar-refractivity contribution < 1.29 is 4.39 Å². The Morgan fingerprint density at radius 1 is 0.939 bits per heavy atom. The minimum Gasteiger partial charge on any atom is -0.353 e. The topological polar surface area (TPSA) is 83.8 Å². The highest BCUT2D eigenvalue weighted by Crippen LogP contribution is 2.23. The number of piperidine rings is 1. The Morgan fingerprint density at radius 2 is 1.70 bits per heavy atom. The van der Waals surface area contributed by atoms with Crippen molar-refractivity contribution >= 4 is 23.1 Å². The molecule has 4 heterocycles. The van der Waals surface area contributed by atoms with E-state index in [1.807, 2.05) is 30.3 Å². The SMILES string of the molecule is Fc1ccc(Cn2c(NC3CCN(CCNc4ncccn4)CC3)nc3ncccc32)cc1. The highest BCUT2D eigenvalue weighted by Gasteiger charge is 2.21. The van der Waals surface area contributed by atoms with Crippen molar-refractivity contribution in [2.24, 2.45) is 0 Å². The Labute approximate surface area is 191 Å². The normalized spacial score (nSPS) is 15.1. The highest BCUT2D eigenvalue weighted by molar-refractivity contribution is 5.74. The number of nitrogens with one attached hydrogen (secondary N) is 2. The van der Waals surface area contributed by atoms with Gasteiger partial charge in [-0.3, -0.25) is 0 Å². The molecular weight excluding hydrogens is 419 g/mol. The fourth-order valence-corrected chi connectivity index (χ4v) is 4.20. The fraction of sp³-hybridized carbons (Fsp3) is 0.333. The van der Waals surface area contributed by atoms with E-state index < -0.39 is 0 Å². The van der Waals surface area contributed by atoms with Crippen LogP contribution in [0.3, 0.4) is 0 Å². The Bertz CT molecular complexity index is 1170. The number of nitrogens with zero attached hydrogens (tertiary/aromatic N) is 6. The third-order valence-corrected chi connectivity index (χ3v) is 5.98. The largest absolute Gasteiger partial charge is 0.353 e. The second-order valence-electron chi connectivity index (χ2n) is 8.25. The Kier molecular flexibility index (Phi) is 6.39. The van der Waals surface area contributed by atoms with Gasteiger partial charge < -0.3 is 20.1 Å². The second-order valence-corrected chi connectivity index (χ2v) is 8.25. The molecule has 3 aromatic heterocycles. The van der Waals surface area contributed by atoms with Crippen LogP contribution in [0.25, 0.3) is 11.2 Å². The average Bonchev–Trinajstić information content (AvgIpc) is 3.19. The van der Waals surface area contributed by atoms with Gasteiger partial charge in [-0.25, -0.2) is 19.3 Å². The molecule has 1 aliphatic heterocycles. The van der Waals surface area contributed by atoms with Crippen LogP contribution in [0.5, 0.6) is 0 Å². The predicted molar refractivity (Wildman–Crippen MR) is 127 cm³/mol. The molecule has 170 valence electrons. The zero-order chi connectivity index (χ0) is 22.5. The molecular formula is C24H27FN8. The third kappa shape index (κ3) is 5.25. The quantitative estimate of drug-likeness (QED) is 0.429. The minimum absolute atomic E-state index is 0.229. The third-order valence-electron chi connectivity index (χ3n) is 5.98. The first-order valence-electron chi connectivity index (χ1n) is 11.3. The highest BCUT2D eigenvalue weighted by atomic mass is 19.1. The lowest BCUT2D eigenvalue weighted by Crippen LogP contribution is -2.41. The van der Waals surface area contributed by atoms with E-state index in [1.165, 1.54) is 12.1 Å². The maximum Gasteiger partial charge on any atom is 0.222 e. The lowest BCUT2D eigenvalue weighted by atomic mass is 10.1. The zero-order valence-electron chi connectivity index (χ0n) is 18.4. The Balaban J connectivity index is 1.20. The van der Waals surface area contributed by atoms with Gasteiger partial charge in [-0.1, -0.05) is 12.1 Å². The molecule has 0 radical (unpaired) electrons. The summed E-state index contributed by atoms with van der Waals surface area (Å²) in [6, 6.07) is 12.7. The maximum absolute atomic E-state index is 13.3. The molecule has 0 unspecified atom stereocenters. The van der Waals surface area contributed by atoms with Gasteiger partial charge in [-0.05, 0) is 48.7 Å². The van der Waals surface area contributed by atoms with E-state index in [0.717, 1.165) is 56.0 Å². The molecule has 1 aromatic carbocycles. The van der Waals surface area contributed by atoms with E-state index in [2.05, 4.69) is 35.1 Å². The van der Waals surface area contributed by atoms with Crippen LogP contribution < -0.4 is 10.6 Å². The monoisotopic (exact) mass is 446 g/mol. The molecule has 0 bridgehead atoms. The molecule has 0 aliphatic carbocycles. The van der Waals surface area contributed by atoms with Crippen molar-refractivity contribution in [3.8, 4) is 0 Å². The Morgan fingerprint density at radius 3 is 2.48 bits per heavy atom. The molecule has 0 spiro atoms. The van der Waals surface area contributed by atoms with Crippen molar-refractivity contribution in [3.63, 3.8) is 0 Å². The van der Waals surface area contributed by atoms with Gasteiger partial charge in [0.1, 0.15) is 5.82 Å². The first-order valence-corrected chi connectivity index (χ1v) is 11.3. The minimum atomic E-state index is -0.229. The number of halogens is 1. The number of hydrogen-bond donors (Lipinski definition) is 2. The van der Waals surface area contributed by atoms with E-state index in [9.17, 15) is 4.39 Å². The van der Waals surface area contributed by atoms with Gasteiger partial charge >= 0.3 is 0 Å². The van der Waals surface area contributed by atoms with Crippen LogP contribution in [-0.2, 0) is 6.54 Å².